The largest absolute Gasteiger partial charge is 0.487 e. The summed E-state index contributed by atoms with van der Waals surface area (Å²) in [4.78, 5) is 4.22. The lowest BCUT2D eigenvalue weighted by Crippen LogP contribution is -2.11. The lowest BCUT2D eigenvalue weighted by atomic mass is 10.2. The van der Waals surface area contributed by atoms with Crippen LogP contribution in [0.25, 0.3) is 0 Å². The van der Waals surface area contributed by atoms with Crippen molar-refractivity contribution in [1.82, 2.24) is 4.98 Å². The molecule has 23 heavy (non-hydrogen) atoms. The monoisotopic (exact) mass is 326 g/mol. The van der Waals surface area contributed by atoms with Gasteiger partial charge in [-0.3, -0.25) is 4.98 Å². The Balaban J connectivity index is 1.49. The molecule has 1 unspecified atom stereocenters. The second kappa shape index (κ2) is 7.76. The predicted octanol–water partition coefficient (Wildman–Crippen LogP) is 3.87. The number of nitrogens with one attached hydrogen (secondary N) is 1. The Morgan fingerprint density at radius 1 is 1.13 bits per heavy atom. The van der Waals surface area contributed by atoms with Gasteiger partial charge in [-0.05, 0) is 58.8 Å². The van der Waals surface area contributed by atoms with E-state index in [1.54, 1.807) is 17.5 Å². The summed E-state index contributed by atoms with van der Waals surface area (Å²) in [5.74, 6) is 0.791. The molecule has 3 rings (SSSR count). The van der Waals surface area contributed by atoms with E-state index in [-0.39, 0.29) is 0 Å². The van der Waals surface area contributed by atoms with Crippen molar-refractivity contribution >= 4 is 17.0 Å². The van der Waals surface area contributed by atoms with Gasteiger partial charge in [-0.1, -0.05) is 6.07 Å². The predicted molar refractivity (Wildman–Crippen MR) is 92.8 cm³/mol. The molecule has 4 nitrogen and oxygen atoms in total. The van der Waals surface area contributed by atoms with Crippen LogP contribution < -0.4 is 10.1 Å². The Morgan fingerprint density at radius 3 is 2.70 bits per heavy atom. The standard InChI is InChI=1S/C18H18N2O2S/c21-18(14-8-10-23-13-14)11-20-15-4-6-17(7-5-15)22-12-16-3-1-2-9-19-16/h1-10,13,18,20-21H,11-12H2. The van der Waals surface area contributed by atoms with Crippen LogP contribution in [0.15, 0.2) is 65.5 Å². The molecule has 2 N–H and O–H groups in total. The molecule has 2 aromatic heterocycles. The molecule has 0 fully saturated rings. The molecular weight excluding hydrogens is 308 g/mol. The summed E-state index contributed by atoms with van der Waals surface area (Å²) in [6.45, 7) is 0.926. The van der Waals surface area contributed by atoms with Crippen molar-refractivity contribution < 1.29 is 9.84 Å². The third kappa shape index (κ3) is 4.55. The molecule has 0 saturated carbocycles. The van der Waals surface area contributed by atoms with Crippen LogP contribution in [0, 0.1) is 0 Å². The van der Waals surface area contributed by atoms with E-state index >= 15 is 0 Å². The number of hydrogen-bond donors (Lipinski definition) is 2. The van der Waals surface area contributed by atoms with E-state index in [9.17, 15) is 5.11 Å². The minimum atomic E-state index is -0.499. The van der Waals surface area contributed by atoms with E-state index < -0.39 is 6.10 Å². The van der Waals surface area contributed by atoms with Gasteiger partial charge in [-0.25, -0.2) is 0 Å². The highest BCUT2D eigenvalue weighted by Crippen LogP contribution is 2.19. The second-order valence-corrected chi connectivity index (χ2v) is 5.87. The van der Waals surface area contributed by atoms with Crippen molar-refractivity contribution in [2.45, 2.75) is 12.7 Å². The van der Waals surface area contributed by atoms with E-state index in [1.165, 1.54) is 0 Å². The second-order valence-electron chi connectivity index (χ2n) is 5.09. The summed E-state index contributed by atoms with van der Waals surface area (Å²) in [7, 11) is 0. The molecule has 5 heteroatoms. The maximum absolute atomic E-state index is 10.0. The van der Waals surface area contributed by atoms with Crippen molar-refractivity contribution in [3.8, 4) is 5.75 Å². The van der Waals surface area contributed by atoms with E-state index in [2.05, 4.69) is 10.3 Å². The molecule has 0 aliphatic carbocycles. The van der Waals surface area contributed by atoms with Gasteiger partial charge in [0.1, 0.15) is 12.4 Å². The van der Waals surface area contributed by atoms with Crippen molar-refractivity contribution in [2.24, 2.45) is 0 Å². The first-order valence-electron chi connectivity index (χ1n) is 7.38. The molecule has 0 saturated heterocycles. The van der Waals surface area contributed by atoms with Gasteiger partial charge in [0.15, 0.2) is 0 Å². The van der Waals surface area contributed by atoms with Crippen molar-refractivity contribution in [2.75, 3.05) is 11.9 Å². The molecule has 1 aromatic carbocycles. The molecule has 1 atom stereocenters. The molecular formula is C18H18N2O2S. The smallest absolute Gasteiger partial charge is 0.130 e. The molecule has 0 radical (unpaired) electrons. The number of pyridine rings is 1. The van der Waals surface area contributed by atoms with Gasteiger partial charge in [0.2, 0.25) is 0 Å². The summed E-state index contributed by atoms with van der Waals surface area (Å²) in [5.41, 5.74) is 2.79. The zero-order valence-corrected chi connectivity index (χ0v) is 13.4. The topological polar surface area (TPSA) is 54.4 Å². The number of nitrogens with zero attached hydrogens (tertiary/aromatic N) is 1. The van der Waals surface area contributed by atoms with Crippen LogP contribution in [0.3, 0.4) is 0 Å². The maximum Gasteiger partial charge on any atom is 0.130 e. The molecule has 0 aliphatic rings. The number of anilines is 1. The Kier molecular flexibility index (Phi) is 5.24. The highest BCUT2D eigenvalue weighted by molar-refractivity contribution is 7.07. The fraction of sp³-hybridized carbons (Fsp3) is 0.167. The van der Waals surface area contributed by atoms with E-state index in [1.807, 2.05) is 59.3 Å². The van der Waals surface area contributed by atoms with E-state index in [0.29, 0.717) is 13.2 Å². The maximum atomic E-state index is 10.0. The number of hydrogen-bond acceptors (Lipinski definition) is 5. The average Bonchev–Trinajstić information content (AvgIpc) is 3.14. The first-order valence-corrected chi connectivity index (χ1v) is 8.32. The quantitative estimate of drug-likeness (QED) is 0.692. The van der Waals surface area contributed by atoms with Crippen LogP contribution >= 0.6 is 11.3 Å². The number of aliphatic hydroxyl groups excluding tert-OH is 1. The molecule has 0 aliphatic heterocycles. The van der Waals surface area contributed by atoms with Gasteiger partial charge in [0.25, 0.3) is 0 Å². The van der Waals surface area contributed by atoms with Gasteiger partial charge >= 0.3 is 0 Å². The highest BCUT2D eigenvalue weighted by Gasteiger charge is 2.07. The number of aromatic nitrogens is 1. The van der Waals surface area contributed by atoms with E-state index in [0.717, 1.165) is 22.7 Å². The third-order valence-electron chi connectivity index (χ3n) is 3.39. The fourth-order valence-electron chi connectivity index (χ4n) is 2.11. The zero-order chi connectivity index (χ0) is 15.9. The normalized spacial score (nSPS) is 11.9. The summed E-state index contributed by atoms with van der Waals surface area (Å²) in [6, 6.07) is 15.4. The lowest BCUT2D eigenvalue weighted by Gasteiger charge is -2.12. The summed E-state index contributed by atoms with van der Waals surface area (Å²) in [6.07, 6.45) is 1.26. The van der Waals surface area contributed by atoms with Gasteiger partial charge in [-0.15, -0.1) is 0 Å². The molecule has 0 bridgehead atoms. The van der Waals surface area contributed by atoms with Gasteiger partial charge in [-0.2, -0.15) is 11.3 Å². The summed E-state index contributed by atoms with van der Waals surface area (Å²) >= 11 is 1.59. The van der Waals surface area contributed by atoms with Crippen LogP contribution in [0.2, 0.25) is 0 Å². The van der Waals surface area contributed by atoms with Crippen LogP contribution in [0.1, 0.15) is 17.4 Å². The Morgan fingerprint density at radius 2 is 2.00 bits per heavy atom. The molecule has 118 valence electrons. The lowest BCUT2D eigenvalue weighted by molar-refractivity contribution is 0.192. The first kappa shape index (κ1) is 15.5. The zero-order valence-electron chi connectivity index (χ0n) is 12.6. The summed E-state index contributed by atoms with van der Waals surface area (Å²) in [5, 5.41) is 17.2. The Labute approximate surface area is 139 Å². The van der Waals surface area contributed by atoms with Crippen molar-refractivity contribution in [3.63, 3.8) is 0 Å². The first-order chi connectivity index (χ1) is 11.3. The van der Waals surface area contributed by atoms with Gasteiger partial charge in [0.05, 0.1) is 11.8 Å². The highest BCUT2D eigenvalue weighted by atomic mass is 32.1. The van der Waals surface area contributed by atoms with Crippen LogP contribution in [0.5, 0.6) is 5.75 Å². The van der Waals surface area contributed by atoms with Crippen LogP contribution in [-0.4, -0.2) is 16.6 Å². The van der Waals surface area contributed by atoms with Gasteiger partial charge in [0, 0.05) is 18.4 Å². The van der Waals surface area contributed by atoms with Crippen molar-refractivity contribution in [3.05, 3.63) is 76.7 Å². The number of benzene rings is 1. The molecule has 0 spiro atoms. The number of thiophene rings is 1. The Hall–Kier alpha value is -2.37. The summed E-state index contributed by atoms with van der Waals surface area (Å²) < 4.78 is 5.69. The minimum absolute atomic E-state index is 0.449. The minimum Gasteiger partial charge on any atom is -0.487 e. The number of rotatable bonds is 7. The van der Waals surface area contributed by atoms with Gasteiger partial charge < -0.3 is 15.2 Å². The average molecular weight is 326 g/mol. The number of aliphatic hydroxyl groups is 1. The van der Waals surface area contributed by atoms with Crippen LogP contribution in [0.4, 0.5) is 5.69 Å². The Bertz CT molecular complexity index is 700. The molecule has 3 aromatic rings. The number of ether oxygens (including phenoxy) is 1. The van der Waals surface area contributed by atoms with Crippen molar-refractivity contribution in [1.29, 1.82) is 0 Å². The molecule has 0 amide bonds. The van der Waals surface area contributed by atoms with E-state index in [4.69, 9.17) is 4.74 Å². The van der Waals surface area contributed by atoms with Crippen LogP contribution in [-0.2, 0) is 6.61 Å². The fourth-order valence-corrected chi connectivity index (χ4v) is 2.81. The third-order valence-corrected chi connectivity index (χ3v) is 4.10. The SMILES string of the molecule is OC(CNc1ccc(OCc2ccccn2)cc1)c1ccsc1. The molecule has 2 heterocycles.